The Morgan fingerprint density at radius 2 is 1.68 bits per heavy atom. The van der Waals surface area contributed by atoms with E-state index in [0.717, 1.165) is 12.8 Å². The zero-order valence-corrected chi connectivity index (χ0v) is 18.1. The van der Waals surface area contributed by atoms with E-state index in [-0.39, 0.29) is 16.2 Å². The van der Waals surface area contributed by atoms with Gasteiger partial charge in [-0.05, 0) is 71.6 Å². The molecule has 4 rings (SSSR count). The number of aryl methyl sites for hydroxylation is 1. The van der Waals surface area contributed by atoms with Crippen molar-refractivity contribution in [1.29, 1.82) is 0 Å². The number of carbonyl (C=O) groups excluding carboxylic acids is 1. The molecule has 0 radical (unpaired) electrons. The molecule has 1 aromatic rings. The van der Waals surface area contributed by atoms with Gasteiger partial charge in [0, 0.05) is 19.5 Å². The first-order valence-electron chi connectivity index (χ1n) is 10.4. The highest BCUT2D eigenvalue weighted by atomic mass is 16.7. The summed E-state index contributed by atoms with van der Waals surface area (Å²) in [6, 6.07) is 4.80. The van der Waals surface area contributed by atoms with Crippen molar-refractivity contribution in [2.75, 3.05) is 7.11 Å². The van der Waals surface area contributed by atoms with Crippen molar-refractivity contribution in [1.82, 2.24) is 0 Å². The number of methoxy groups -OCH3 is 1. The summed E-state index contributed by atoms with van der Waals surface area (Å²) in [5.74, 6) is 1.00. The highest BCUT2D eigenvalue weighted by molar-refractivity contribution is 5.88. The predicted molar refractivity (Wildman–Crippen MR) is 110 cm³/mol. The first-order valence-corrected chi connectivity index (χ1v) is 10.4. The Morgan fingerprint density at radius 1 is 1.07 bits per heavy atom. The molecule has 1 aromatic carbocycles. The molecule has 0 amide bonds. The second-order valence-corrected chi connectivity index (χ2v) is 10.4. The maximum atomic E-state index is 12.0. The van der Waals surface area contributed by atoms with Crippen LogP contribution in [0.4, 0.5) is 0 Å². The Kier molecular flexibility index (Phi) is 4.09. The van der Waals surface area contributed by atoms with Crippen LogP contribution >= 0.6 is 0 Å². The largest absolute Gasteiger partial charge is 0.422 e. The molecule has 0 bridgehead atoms. The standard InChI is InChI=1S/C25H32O3/c1-8-21(26)28-25(27-7)10-9-17-15-24(17,25)18-14-20-19(13-16(18)2)22(3,4)11-12-23(20,5)6/h1,13-14,17H,9-12,15H2,2-7H3. The minimum Gasteiger partial charge on any atom is -0.422 e. The molecule has 0 heterocycles. The Morgan fingerprint density at radius 3 is 2.21 bits per heavy atom. The molecule has 0 saturated heterocycles. The fraction of sp³-hybridized carbons (Fsp3) is 0.640. The van der Waals surface area contributed by atoms with E-state index >= 15 is 0 Å². The number of ether oxygens (including phenoxy) is 2. The number of rotatable bonds is 3. The van der Waals surface area contributed by atoms with Gasteiger partial charge in [-0.15, -0.1) is 6.42 Å². The minimum atomic E-state index is -0.950. The van der Waals surface area contributed by atoms with E-state index in [4.69, 9.17) is 15.9 Å². The number of hydrogen-bond acceptors (Lipinski definition) is 3. The number of benzene rings is 1. The van der Waals surface area contributed by atoms with Crippen LogP contribution in [0.25, 0.3) is 0 Å². The molecule has 0 aromatic heterocycles. The van der Waals surface area contributed by atoms with Gasteiger partial charge in [-0.25, -0.2) is 4.79 Å². The van der Waals surface area contributed by atoms with Gasteiger partial charge in [0.25, 0.3) is 0 Å². The van der Waals surface area contributed by atoms with E-state index in [1.807, 2.05) is 0 Å². The van der Waals surface area contributed by atoms with E-state index in [1.165, 1.54) is 35.1 Å². The predicted octanol–water partition coefficient (Wildman–Crippen LogP) is 4.91. The van der Waals surface area contributed by atoms with Gasteiger partial charge in [0.2, 0.25) is 5.79 Å². The SMILES string of the molecule is C#CC(=O)OC1(OC)CCC2CC21c1cc2c(cc1C)C(C)(C)CCC2(C)C. The monoisotopic (exact) mass is 380 g/mol. The van der Waals surface area contributed by atoms with Crippen LogP contribution in [-0.2, 0) is 30.5 Å². The van der Waals surface area contributed by atoms with Crippen LogP contribution in [0.2, 0.25) is 0 Å². The molecule has 3 unspecified atom stereocenters. The van der Waals surface area contributed by atoms with Crippen LogP contribution in [0.1, 0.15) is 82.1 Å². The van der Waals surface area contributed by atoms with Gasteiger partial charge in [-0.1, -0.05) is 39.8 Å². The zero-order valence-electron chi connectivity index (χ0n) is 18.1. The summed E-state index contributed by atoms with van der Waals surface area (Å²) in [4.78, 5) is 12.0. The number of carbonyl (C=O) groups is 1. The van der Waals surface area contributed by atoms with Gasteiger partial charge >= 0.3 is 5.97 Å². The van der Waals surface area contributed by atoms with Crippen molar-refractivity contribution in [3.8, 4) is 12.3 Å². The highest BCUT2D eigenvalue weighted by Gasteiger charge is 2.75. The zero-order chi connectivity index (χ0) is 20.5. The number of hydrogen-bond donors (Lipinski definition) is 0. The Bertz CT molecular complexity index is 888. The summed E-state index contributed by atoms with van der Waals surface area (Å²) in [5, 5.41) is 0. The van der Waals surface area contributed by atoms with Crippen molar-refractivity contribution < 1.29 is 14.3 Å². The van der Waals surface area contributed by atoms with Crippen LogP contribution in [0.15, 0.2) is 12.1 Å². The van der Waals surface area contributed by atoms with Crippen molar-refractivity contribution in [3.63, 3.8) is 0 Å². The van der Waals surface area contributed by atoms with Crippen molar-refractivity contribution >= 4 is 5.97 Å². The first kappa shape index (κ1) is 19.5. The molecule has 3 heteroatoms. The van der Waals surface area contributed by atoms with Crippen molar-refractivity contribution in [2.24, 2.45) is 5.92 Å². The van der Waals surface area contributed by atoms with Gasteiger partial charge in [-0.3, -0.25) is 0 Å². The quantitative estimate of drug-likeness (QED) is 0.323. The summed E-state index contributed by atoms with van der Waals surface area (Å²) < 4.78 is 11.7. The normalized spacial score (nSPS) is 34.1. The molecule has 3 nitrogen and oxygen atoms in total. The number of fused-ring (bicyclic) bond motifs is 2. The number of esters is 1. The lowest BCUT2D eigenvalue weighted by Gasteiger charge is -2.44. The lowest BCUT2D eigenvalue weighted by atomic mass is 9.62. The van der Waals surface area contributed by atoms with Gasteiger partial charge < -0.3 is 9.47 Å². The fourth-order valence-electron chi connectivity index (χ4n) is 6.12. The highest BCUT2D eigenvalue weighted by Crippen LogP contribution is 2.71. The second-order valence-electron chi connectivity index (χ2n) is 10.4. The van der Waals surface area contributed by atoms with Crippen molar-refractivity contribution in [2.45, 2.75) is 88.8 Å². The van der Waals surface area contributed by atoms with Crippen molar-refractivity contribution in [3.05, 3.63) is 34.4 Å². The Labute approximate surface area is 169 Å². The smallest absolute Gasteiger partial charge is 0.386 e. The summed E-state index contributed by atoms with van der Waals surface area (Å²) >= 11 is 0. The lowest BCUT2D eigenvalue weighted by molar-refractivity contribution is -0.229. The summed E-state index contributed by atoms with van der Waals surface area (Å²) in [6.07, 6.45) is 10.4. The average Bonchev–Trinajstić information content (AvgIpc) is 3.30. The molecule has 150 valence electrons. The molecule has 2 fully saturated rings. The van der Waals surface area contributed by atoms with Gasteiger partial charge in [-0.2, -0.15) is 0 Å². The maximum Gasteiger partial charge on any atom is 0.386 e. The average molecular weight is 381 g/mol. The third kappa shape index (κ3) is 2.43. The molecule has 3 aliphatic rings. The van der Waals surface area contributed by atoms with Gasteiger partial charge in [0.05, 0.1) is 5.41 Å². The molecular weight excluding hydrogens is 348 g/mol. The molecule has 3 aliphatic carbocycles. The summed E-state index contributed by atoms with van der Waals surface area (Å²) in [7, 11) is 1.65. The van der Waals surface area contributed by atoms with E-state index in [9.17, 15) is 4.79 Å². The lowest BCUT2D eigenvalue weighted by Crippen LogP contribution is -2.47. The van der Waals surface area contributed by atoms with Crippen LogP contribution in [-0.4, -0.2) is 18.9 Å². The number of terminal acetylenes is 1. The molecule has 0 aliphatic heterocycles. The minimum absolute atomic E-state index is 0.137. The van der Waals surface area contributed by atoms with E-state index in [0.29, 0.717) is 12.3 Å². The van der Waals surface area contributed by atoms with Crippen LogP contribution in [0.5, 0.6) is 0 Å². The molecule has 0 N–H and O–H groups in total. The van der Waals surface area contributed by atoms with E-state index in [1.54, 1.807) is 7.11 Å². The van der Waals surface area contributed by atoms with E-state index < -0.39 is 11.8 Å². The maximum absolute atomic E-state index is 12.0. The topological polar surface area (TPSA) is 35.5 Å². The van der Waals surface area contributed by atoms with E-state index in [2.05, 4.69) is 52.7 Å². The Balaban J connectivity index is 1.89. The summed E-state index contributed by atoms with van der Waals surface area (Å²) in [5.41, 5.74) is 5.49. The molecule has 28 heavy (non-hydrogen) atoms. The van der Waals surface area contributed by atoms with Gasteiger partial charge in [0.15, 0.2) is 0 Å². The third-order valence-corrected chi connectivity index (χ3v) is 7.99. The second kappa shape index (κ2) is 5.86. The Hall–Kier alpha value is -1.79. The van der Waals surface area contributed by atoms with Crippen LogP contribution in [0, 0.1) is 25.2 Å². The first-order chi connectivity index (χ1) is 13.0. The molecular formula is C25H32O3. The molecule has 3 atom stereocenters. The third-order valence-electron chi connectivity index (χ3n) is 7.99. The fourth-order valence-corrected chi connectivity index (χ4v) is 6.12. The van der Waals surface area contributed by atoms with Crippen LogP contribution in [0.3, 0.4) is 0 Å². The van der Waals surface area contributed by atoms with Gasteiger partial charge in [0.1, 0.15) is 0 Å². The molecule has 2 saturated carbocycles. The van der Waals surface area contributed by atoms with Crippen LogP contribution < -0.4 is 0 Å². The summed E-state index contributed by atoms with van der Waals surface area (Å²) in [6.45, 7) is 11.6. The molecule has 0 spiro atoms.